The molecule has 19 heavy (non-hydrogen) atoms. The van der Waals surface area contributed by atoms with Gasteiger partial charge in [0.1, 0.15) is 11.8 Å². The quantitative estimate of drug-likeness (QED) is 0.701. The van der Waals surface area contributed by atoms with Gasteiger partial charge in [-0.2, -0.15) is 5.26 Å². The topological polar surface area (TPSA) is 50.3 Å². The lowest BCUT2D eigenvalue weighted by molar-refractivity contribution is 0.413. The van der Waals surface area contributed by atoms with E-state index in [4.69, 9.17) is 10.00 Å². The molecule has 0 unspecified atom stereocenters. The number of pyridine rings is 1. The molecule has 0 bridgehead atoms. The van der Waals surface area contributed by atoms with Gasteiger partial charge in [-0.3, -0.25) is 0 Å². The molecule has 0 saturated heterocycles. The molecule has 92 valence electrons. The summed E-state index contributed by atoms with van der Waals surface area (Å²) in [6, 6.07) is 11.7. The second kappa shape index (κ2) is 4.46. The van der Waals surface area contributed by atoms with E-state index in [9.17, 15) is 0 Å². The summed E-state index contributed by atoms with van der Waals surface area (Å²) in [5.41, 5.74) is 3.56. The number of ether oxygens (including phenoxy) is 1. The van der Waals surface area contributed by atoms with Crippen molar-refractivity contribution in [2.45, 2.75) is 0 Å². The number of benzene rings is 1. The molecular weight excluding hydrogens is 238 g/mol. The van der Waals surface area contributed by atoms with E-state index >= 15 is 0 Å². The zero-order valence-electron chi connectivity index (χ0n) is 10.4. The van der Waals surface area contributed by atoms with E-state index in [-0.39, 0.29) is 0 Å². The number of methoxy groups -OCH3 is 1. The Morgan fingerprint density at radius 2 is 2.21 bits per heavy atom. The molecule has 0 N–H and O–H groups in total. The van der Waals surface area contributed by atoms with Crippen molar-refractivity contribution < 1.29 is 4.74 Å². The highest BCUT2D eigenvalue weighted by Crippen LogP contribution is 2.28. The monoisotopic (exact) mass is 249 g/mol. The van der Waals surface area contributed by atoms with Crippen molar-refractivity contribution in [1.29, 1.82) is 5.26 Å². The van der Waals surface area contributed by atoms with Crippen LogP contribution in [-0.2, 0) is 0 Å². The maximum absolute atomic E-state index is 9.15. The minimum atomic E-state index is 0.529. The summed E-state index contributed by atoms with van der Waals surface area (Å²) >= 11 is 0. The smallest absolute Gasteiger partial charge is 0.136 e. The van der Waals surface area contributed by atoms with Gasteiger partial charge in [-0.15, -0.1) is 0 Å². The maximum Gasteiger partial charge on any atom is 0.136 e. The second-order valence-electron chi connectivity index (χ2n) is 4.13. The van der Waals surface area contributed by atoms with Crippen LogP contribution in [0.2, 0.25) is 0 Å². The average molecular weight is 249 g/mol. The molecule has 0 saturated carbocycles. The highest BCUT2D eigenvalue weighted by Gasteiger charge is 2.08. The minimum absolute atomic E-state index is 0.529. The van der Waals surface area contributed by atoms with E-state index in [1.165, 1.54) is 0 Å². The van der Waals surface area contributed by atoms with Crippen LogP contribution in [0.25, 0.3) is 16.6 Å². The third kappa shape index (κ3) is 1.81. The van der Waals surface area contributed by atoms with Crippen molar-refractivity contribution in [2.24, 2.45) is 0 Å². The van der Waals surface area contributed by atoms with Crippen molar-refractivity contribution in [2.75, 3.05) is 7.11 Å². The van der Waals surface area contributed by atoms with Gasteiger partial charge >= 0.3 is 0 Å². The third-order valence-corrected chi connectivity index (χ3v) is 3.08. The largest absolute Gasteiger partial charge is 0.495 e. The molecular formula is C15H11N3O. The van der Waals surface area contributed by atoms with E-state index in [2.05, 4.69) is 11.1 Å². The van der Waals surface area contributed by atoms with Gasteiger partial charge in [0.05, 0.1) is 30.7 Å². The van der Waals surface area contributed by atoms with Crippen LogP contribution in [-0.4, -0.2) is 16.5 Å². The number of fused-ring (bicyclic) bond motifs is 1. The van der Waals surface area contributed by atoms with Gasteiger partial charge in [0.25, 0.3) is 0 Å². The molecule has 3 aromatic rings. The molecule has 4 nitrogen and oxygen atoms in total. The van der Waals surface area contributed by atoms with Crippen LogP contribution < -0.4 is 4.74 Å². The standard InChI is InChI=1S/C15H11N3O/c1-19-15-5-4-11(7-12(15)8-16)13-3-2-6-18-10-17-9-14(13)18/h2-7,9-10H,1H3. The van der Waals surface area contributed by atoms with Gasteiger partial charge in [0.15, 0.2) is 0 Å². The Morgan fingerprint density at radius 1 is 1.32 bits per heavy atom. The first kappa shape index (κ1) is 11.3. The summed E-state index contributed by atoms with van der Waals surface area (Å²) < 4.78 is 7.11. The number of imidazole rings is 1. The Hall–Kier alpha value is -2.80. The molecule has 0 spiro atoms. The Bertz CT molecular complexity index is 783. The molecule has 0 aliphatic rings. The number of hydrogen-bond acceptors (Lipinski definition) is 3. The number of hydrogen-bond donors (Lipinski definition) is 0. The van der Waals surface area contributed by atoms with Crippen molar-refractivity contribution in [3.63, 3.8) is 0 Å². The summed E-state index contributed by atoms with van der Waals surface area (Å²) in [5.74, 6) is 0.590. The van der Waals surface area contributed by atoms with Gasteiger partial charge < -0.3 is 9.14 Å². The van der Waals surface area contributed by atoms with E-state index in [1.54, 1.807) is 13.4 Å². The van der Waals surface area contributed by atoms with Gasteiger partial charge in [-0.1, -0.05) is 12.1 Å². The van der Waals surface area contributed by atoms with Crippen molar-refractivity contribution >= 4 is 5.52 Å². The van der Waals surface area contributed by atoms with Gasteiger partial charge in [-0.05, 0) is 23.8 Å². The number of aromatic nitrogens is 2. The molecule has 1 aromatic carbocycles. The molecule has 2 heterocycles. The Labute approximate surface area is 110 Å². The van der Waals surface area contributed by atoms with E-state index in [0.717, 1.165) is 16.6 Å². The molecule has 0 aliphatic heterocycles. The Morgan fingerprint density at radius 3 is 3.00 bits per heavy atom. The highest BCUT2D eigenvalue weighted by molar-refractivity contribution is 5.80. The Kier molecular flexibility index (Phi) is 2.66. The fraction of sp³-hybridized carbons (Fsp3) is 0.0667. The zero-order chi connectivity index (χ0) is 13.2. The van der Waals surface area contributed by atoms with E-state index in [1.807, 2.05) is 47.1 Å². The summed E-state index contributed by atoms with van der Waals surface area (Å²) in [7, 11) is 1.56. The lowest BCUT2D eigenvalue weighted by atomic mass is 10.0. The molecule has 2 aromatic heterocycles. The number of nitrogens with zero attached hydrogens (tertiary/aromatic N) is 3. The van der Waals surface area contributed by atoms with Gasteiger partial charge in [-0.25, -0.2) is 4.98 Å². The average Bonchev–Trinajstić information content (AvgIpc) is 2.94. The fourth-order valence-corrected chi connectivity index (χ4v) is 2.16. The van der Waals surface area contributed by atoms with Crippen LogP contribution >= 0.6 is 0 Å². The minimum Gasteiger partial charge on any atom is -0.495 e. The van der Waals surface area contributed by atoms with E-state index in [0.29, 0.717) is 11.3 Å². The second-order valence-corrected chi connectivity index (χ2v) is 4.13. The van der Waals surface area contributed by atoms with Crippen molar-refractivity contribution in [3.05, 3.63) is 54.6 Å². The van der Waals surface area contributed by atoms with E-state index < -0.39 is 0 Å². The van der Waals surface area contributed by atoms with Crippen LogP contribution in [0.4, 0.5) is 0 Å². The summed E-state index contributed by atoms with van der Waals surface area (Å²) in [6.07, 6.45) is 5.51. The first-order valence-electron chi connectivity index (χ1n) is 5.82. The van der Waals surface area contributed by atoms with Crippen LogP contribution in [0.1, 0.15) is 5.56 Å². The molecule has 3 rings (SSSR count). The molecule has 0 fully saturated rings. The van der Waals surface area contributed by atoms with Crippen LogP contribution in [0.3, 0.4) is 0 Å². The third-order valence-electron chi connectivity index (χ3n) is 3.08. The zero-order valence-corrected chi connectivity index (χ0v) is 10.4. The van der Waals surface area contributed by atoms with Gasteiger partial charge in [0, 0.05) is 11.8 Å². The SMILES string of the molecule is COc1ccc(-c2cccn3cncc23)cc1C#N. The molecule has 0 aliphatic carbocycles. The molecule has 0 atom stereocenters. The summed E-state index contributed by atoms with van der Waals surface area (Å²) in [4.78, 5) is 4.14. The summed E-state index contributed by atoms with van der Waals surface area (Å²) in [6.45, 7) is 0. The lowest BCUT2D eigenvalue weighted by Gasteiger charge is -2.07. The number of nitriles is 1. The molecule has 0 amide bonds. The fourth-order valence-electron chi connectivity index (χ4n) is 2.16. The number of rotatable bonds is 2. The van der Waals surface area contributed by atoms with Gasteiger partial charge in [0.2, 0.25) is 0 Å². The molecule has 0 radical (unpaired) electrons. The lowest BCUT2D eigenvalue weighted by Crippen LogP contribution is -1.90. The first-order valence-corrected chi connectivity index (χ1v) is 5.82. The van der Waals surface area contributed by atoms with Crippen molar-refractivity contribution in [1.82, 2.24) is 9.38 Å². The first-order chi connectivity index (χ1) is 9.33. The summed E-state index contributed by atoms with van der Waals surface area (Å²) in [5, 5.41) is 9.15. The predicted molar refractivity (Wildman–Crippen MR) is 71.9 cm³/mol. The molecule has 4 heteroatoms. The Balaban J connectivity index is 2.22. The normalized spacial score (nSPS) is 10.3. The highest BCUT2D eigenvalue weighted by atomic mass is 16.5. The van der Waals surface area contributed by atoms with Crippen LogP contribution in [0.15, 0.2) is 49.1 Å². The van der Waals surface area contributed by atoms with Crippen LogP contribution in [0.5, 0.6) is 5.75 Å². The maximum atomic E-state index is 9.15. The van der Waals surface area contributed by atoms with Crippen molar-refractivity contribution in [3.8, 4) is 22.9 Å². The van der Waals surface area contributed by atoms with Crippen LogP contribution in [0, 0.1) is 11.3 Å². The predicted octanol–water partition coefficient (Wildman–Crippen LogP) is 2.88.